The molecule has 4 rings (SSSR count). The molecule has 1 fully saturated rings. The van der Waals surface area contributed by atoms with E-state index in [4.69, 9.17) is 0 Å². The van der Waals surface area contributed by atoms with E-state index < -0.39 is 0 Å². The Morgan fingerprint density at radius 3 is 2.81 bits per heavy atom. The SMILES string of the molecule is O=C(c1cccnn1)N1CCC[C@@H](Cc2cccc3cccnc23)CC1. The van der Waals surface area contributed by atoms with Crippen LogP contribution >= 0.6 is 0 Å². The largest absolute Gasteiger partial charge is 0.337 e. The molecule has 26 heavy (non-hydrogen) atoms. The maximum Gasteiger partial charge on any atom is 0.274 e. The minimum atomic E-state index is -0.00872. The number of pyridine rings is 1. The molecular formula is C21H22N4O. The molecule has 5 heteroatoms. The summed E-state index contributed by atoms with van der Waals surface area (Å²) in [7, 11) is 0. The number of aromatic nitrogens is 3. The Balaban J connectivity index is 1.45. The zero-order valence-electron chi connectivity index (χ0n) is 14.7. The summed E-state index contributed by atoms with van der Waals surface area (Å²) in [5.74, 6) is 0.563. The summed E-state index contributed by atoms with van der Waals surface area (Å²) >= 11 is 0. The Bertz CT molecular complexity index is 891. The van der Waals surface area contributed by atoms with Gasteiger partial charge >= 0.3 is 0 Å². The van der Waals surface area contributed by atoms with Crippen LogP contribution in [0.25, 0.3) is 10.9 Å². The molecule has 1 aliphatic heterocycles. The van der Waals surface area contributed by atoms with E-state index >= 15 is 0 Å². The van der Waals surface area contributed by atoms with Crippen molar-refractivity contribution in [2.45, 2.75) is 25.7 Å². The topological polar surface area (TPSA) is 59.0 Å². The third-order valence-corrected chi connectivity index (χ3v) is 5.15. The molecule has 1 amide bonds. The monoisotopic (exact) mass is 346 g/mol. The summed E-state index contributed by atoms with van der Waals surface area (Å²) in [5.41, 5.74) is 2.85. The number of rotatable bonds is 3. The van der Waals surface area contributed by atoms with Crippen molar-refractivity contribution in [3.05, 3.63) is 66.1 Å². The lowest BCUT2D eigenvalue weighted by molar-refractivity contribution is 0.0753. The Morgan fingerprint density at radius 1 is 1.04 bits per heavy atom. The lowest BCUT2D eigenvalue weighted by Crippen LogP contribution is -2.32. The Kier molecular flexibility index (Phi) is 4.86. The van der Waals surface area contributed by atoms with Crippen LogP contribution in [0.5, 0.6) is 0 Å². The van der Waals surface area contributed by atoms with Gasteiger partial charge in [-0.1, -0.05) is 24.3 Å². The highest BCUT2D eigenvalue weighted by atomic mass is 16.2. The van der Waals surface area contributed by atoms with E-state index in [-0.39, 0.29) is 5.91 Å². The number of likely N-dealkylation sites (tertiary alicyclic amines) is 1. The summed E-state index contributed by atoms with van der Waals surface area (Å²) in [6.07, 6.45) is 7.63. The van der Waals surface area contributed by atoms with Crippen molar-refractivity contribution in [1.82, 2.24) is 20.1 Å². The first-order valence-electron chi connectivity index (χ1n) is 9.21. The van der Waals surface area contributed by atoms with Crippen LogP contribution < -0.4 is 0 Å². The zero-order valence-corrected chi connectivity index (χ0v) is 14.7. The van der Waals surface area contributed by atoms with Gasteiger partial charge in [0, 0.05) is 30.9 Å². The summed E-state index contributed by atoms with van der Waals surface area (Å²) in [4.78, 5) is 19.1. The molecule has 0 N–H and O–H groups in total. The summed E-state index contributed by atoms with van der Waals surface area (Å²) in [6, 6.07) is 14.0. The van der Waals surface area contributed by atoms with Crippen LogP contribution in [-0.2, 0) is 6.42 Å². The fourth-order valence-corrected chi connectivity index (χ4v) is 3.79. The molecule has 0 unspecified atom stereocenters. The van der Waals surface area contributed by atoms with E-state index in [2.05, 4.69) is 39.4 Å². The molecule has 1 aliphatic rings. The zero-order chi connectivity index (χ0) is 17.8. The van der Waals surface area contributed by atoms with Crippen molar-refractivity contribution >= 4 is 16.8 Å². The van der Waals surface area contributed by atoms with Crippen molar-refractivity contribution in [3.8, 4) is 0 Å². The maximum atomic E-state index is 12.6. The second kappa shape index (κ2) is 7.60. The molecule has 0 radical (unpaired) electrons. The third kappa shape index (κ3) is 3.57. The Labute approximate surface area is 153 Å². The highest BCUT2D eigenvalue weighted by molar-refractivity contribution is 5.92. The standard InChI is InChI=1S/C21H22N4O/c26-21(19-9-3-12-23-24-19)25-13-4-5-16(10-14-25)15-18-7-1-6-17-8-2-11-22-20(17)18/h1-3,6-9,11-12,16H,4-5,10,13-15H2/t16-/m1/s1. The van der Waals surface area contributed by atoms with E-state index in [0.29, 0.717) is 11.6 Å². The van der Waals surface area contributed by atoms with Crippen molar-refractivity contribution in [2.75, 3.05) is 13.1 Å². The molecular weight excluding hydrogens is 324 g/mol. The van der Waals surface area contributed by atoms with Crippen LogP contribution in [0, 0.1) is 5.92 Å². The number of hydrogen-bond acceptors (Lipinski definition) is 4. The van der Waals surface area contributed by atoms with Crippen molar-refractivity contribution in [1.29, 1.82) is 0 Å². The second-order valence-electron chi connectivity index (χ2n) is 6.89. The Morgan fingerprint density at radius 2 is 1.92 bits per heavy atom. The minimum Gasteiger partial charge on any atom is -0.337 e. The first kappa shape index (κ1) is 16.6. The lowest BCUT2D eigenvalue weighted by atomic mass is 9.91. The van der Waals surface area contributed by atoms with Crippen molar-refractivity contribution in [2.24, 2.45) is 5.92 Å². The van der Waals surface area contributed by atoms with Crippen molar-refractivity contribution in [3.63, 3.8) is 0 Å². The fraction of sp³-hybridized carbons (Fsp3) is 0.333. The molecule has 0 saturated carbocycles. The first-order valence-corrected chi connectivity index (χ1v) is 9.21. The maximum absolute atomic E-state index is 12.6. The highest BCUT2D eigenvalue weighted by Gasteiger charge is 2.23. The lowest BCUT2D eigenvalue weighted by Gasteiger charge is -2.20. The molecule has 0 spiro atoms. The quantitative estimate of drug-likeness (QED) is 0.728. The van der Waals surface area contributed by atoms with Crippen molar-refractivity contribution < 1.29 is 4.79 Å². The molecule has 132 valence electrons. The molecule has 5 nitrogen and oxygen atoms in total. The van der Waals surface area contributed by atoms with Gasteiger partial charge in [-0.15, -0.1) is 5.10 Å². The molecule has 0 aliphatic carbocycles. The van der Waals surface area contributed by atoms with Gasteiger partial charge in [0.15, 0.2) is 5.69 Å². The van der Waals surface area contributed by atoms with E-state index in [1.54, 1.807) is 18.3 Å². The van der Waals surface area contributed by atoms with E-state index in [1.807, 2.05) is 17.2 Å². The normalized spacial score (nSPS) is 17.8. The molecule has 0 bridgehead atoms. The van der Waals surface area contributed by atoms with E-state index in [9.17, 15) is 4.79 Å². The highest BCUT2D eigenvalue weighted by Crippen LogP contribution is 2.25. The summed E-state index contributed by atoms with van der Waals surface area (Å²) in [6.45, 7) is 1.57. The number of para-hydroxylation sites is 1. The predicted octanol–water partition coefficient (Wildman–Crippen LogP) is 3.51. The van der Waals surface area contributed by atoms with Gasteiger partial charge in [-0.2, -0.15) is 5.10 Å². The second-order valence-corrected chi connectivity index (χ2v) is 6.89. The van der Waals surface area contributed by atoms with Crippen LogP contribution in [0.1, 0.15) is 35.3 Å². The summed E-state index contributed by atoms with van der Waals surface area (Å²) < 4.78 is 0. The van der Waals surface area contributed by atoms with Crippen LogP contribution in [0.2, 0.25) is 0 Å². The van der Waals surface area contributed by atoms with E-state index in [1.165, 1.54) is 10.9 Å². The fourth-order valence-electron chi connectivity index (χ4n) is 3.79. The number of nitrogens with zero attached hydrogens (tertiary/aromatic N) is 4. The van der Waals surface area contributed by atoms with Gasteiger partial charge < -0.3 is 4.90 Å². The minimum absolute atomic E-state index is 0.00872. The van der Waals surface area contributed by atoms with Crippen LogP contribution in [0.3, 0.4) is 0 Å². The summed E-state index contributed by atoms with van der Waals surface area (Å²) in [5, 5.41) is 8.97. The van der Waals surface area contributed by atoms with Gasteiger partial charge in [-0.3, -0.25) is 9.78 Å². The Hall–Kier alpha value is -2.82. The number of fused-ring (bicyclic) bond motifs is 1. The van der Waals surface area contributed by atoms with Gasteiger partial charge in [0.25, 0.3) is 5.91 Å². The molecule has 1 aromatic carbocycles. The molecule has 3 heterocycles. The average molecular weight is 346 g/mol. The number of hydrogen-bond donors (Lipinski definition) is 0. The van der Waals surface area contributed by atoms with Crippen LogP contribution in [0.15, 0.2) is 54.9 Å². The number of carbonyl (C=O) groups excluding carboxylic acids is 1. The van der Waals surface area contributed by atoms with E-state index in [0.717, 1.165) is 44.3 Å². The van der Waals surface area contributed by atoms with Crippen LogP contribution in [-0.4, -0.2) is 39.1 Å². The predicted molar refractivity (Wildman–Crippen MR) is 101 cm³/mol. The molecule has 2 aromatic heterocycles. The van der Waals surface area contributed by atoms with Gasteiger partial charge in [-0.05, 0) is 55.4 Å². The van der Waals surface area contributed by atoms with Gasteiger partial charge in [0.05, 0.1) is 5.52 Å². The van der Waals surface area contributed by atoms with Gasteiger partial charge in [0.1, 0.15) is 0 Å². The third-order valence-electron chi connectivity index (χ3n) is 5.15. The smallest absolute Gasteiger partial charge is 0.274 e. The number of amides is 1. The van der Waals surface area contributed by atoms with Gasteiger partial charge in [-0.25, -0.2) is 0 Å². The molecule has 3 aromatic rings. The average Bonchev–Trinajstić information content (AvgIpc) is 2.94. The molecule has 1 saturated heterocycles. The first-order chi connectivity index (χ1) is 12.8. The van der Waals surface area contributed by atoms with Crippen LogP contribution in [0.4, 0.5) is 0 Å². The number of benzene rings is 1. The molecule has 1 atom stereocenters. The number of carbonyl (C=O) groups is 1. The van der Waals surface area contributed by atoms with Gasteiger partial charge in [0.2, 0.25) is 0 Å².